The molecule has 0 aliphatic carbocycles. The van der Waals surface area contributed by atoms with Crippen LogP contribution in [-0.2, 0) is 6.54 Å². The SMILES string of the molecule is Cc1oc(CNCC2CCCCS2)cc1C(=O)O. The third-order valence-electron chi connectivity index (χ3n) is 3.14. The highest BCUT2D eigenvalue weighted by Crippen LogP contribution is 2.24. The Morgan fingerprint density at radius 3 is 3.06 bits per heavy atom. The Morgan fingerprint density at radius 2 is 2.44 bits per heavy atom. The molecule has 1 aromatic rings. The van der Waals surface area contributed by atoms with Crippen molar-refractivity contribution in [3.8, 4) is 0 Å². The van der Waals surface area contributed by atoms with Crippen LogP contribution in [-0.4, -0.2) is 28.6 Å². The van der Waals surface area contributed by atoms with Crippen LogP contribution in [0.1, 0.15) is 41.1 Å². The Hall–Kier alpha value is -0.940. The lowest BCUT2D eigenvalue weighted by atomic mass is 10.2. The van der Waals surface area contributed by atoms with E-state index in [2.05, 4.69) is 5.32 Å². The molecule has 1 saturated heterocycles. The van der Waals surface area contributed by atoms with Crippen molar-refractivity contribution in [2.75, 3.05) is 12.3 Å². The van der Waals surface area contributed by atoms with Gasteiger partial charge in [-0.3, -0.25) is 0 Å². The minimum absolute atomic E-state index is 0.263. The summed E-state index contributed by atoms with van der Waals surface area (Å²) < 4.78 is 5.42. The van der Waals surface area contributed by atoms with Gasteiger partial charge in [-0.15, -0.1) is 0 Å². The van der Waals surface area contributed by atoms with E-state index in [9.17, 15) is 4.79 Å². The first-order valence-electron chi connectivity index (χ1n) is 6.31. The molecule has 1 fully saturated rings. The van der Waals surface area contributed by atoms with Crippen LogP contribution in [0.4, 0.5) is 0 Å². The Morgan fingerprint density at radius 1 is 1.61 bits per heavy atom. The quantitative estimate of drug-likeness (QED) is 0.860. The Bertz CT molecular complexity index is 410. The molecule has 1 atom stereocenters. The predicted molar refractivity (Wildman–Crippen MR) is 72.2 cm³/mol. The maximum atomic E-state index is 10.9. The van der Waals surface area contributed by atoms with Gasteiger partial charge in [-0.1, -0.05) is 6.42 Å². The number of furan rings is 1. The van der Waals surface area contributed by atoms with E-state index in [0.29, 0.717) is 23.3 Å². The van der Waals surface area contributed by atoms with E-state index in [0.717, 1.165) is 6.54 Å². The zero-order chi connectivity index (χ0) is 13.0. The molecule has 2 heterocycles. The molecule has 4 nitrogen and oxygen atoms in total. The van der Waals surface area contributed by atoms with E-state index in [-0.39, 0.29) is 5.56 Å². The number of hydrogen-bond donors (Lipinski definition) is 2. The number of thioether (sulfide) groups is 1. The number of aromatic carboxylic acids is 1. The molecule has 1 aliphatic heterocycles. The van der Waals surface area contributed by atoms with Gasteiger partial charge in [0.2, 0.25) is 0 Å². The maximum Gasteiger partial charge on any atom is 0.339 e. The van der Waals surface area contributed by atoms with Crippen molar-refractivity contribution in [1.82, 2.24) is 5.32 Å². The average molecular weight is 269 g/mol. The van der Waals surface area contributed by atoms with Gasteiger partial charge in [-0.05, 0) is 31.6 Å². The summed E-state index contributed by atoms with van der Waals surface area (Å²) in [5.41, 5.74) is 0.263. The highest BCUT2D eigenvalue weighted by Gasteiger charge is 2.15. The average Bonchev–Trinajstić information content (AvgIpc) is 2.72. The summed E-state index contributed by atoms with van der Waals surface area (Å²) in [5.74, 6) is 1.51. The van der Waals surface area contributed by atoms with Gasteiger partial charge in [0.25, 0.3) is 0 Å². The van der Waals surface area contributed by atoms with Crippen LogP contribution in [0.5, 0.6) is 0 Å². The van der Waals surface area contributed by atoms with E-state index < -0.39 is 5.97 Å². The second-order valence-corrected chi connectivity index (χ2v) is 6.02. The third kappa shape index (κ3) is 3.53. The van der Waals surface area contributed by atoms with Gasteiger partial charge in [-0.2, -0.15) is 11.8 Å². The normalized spacial score (nSPS) is 19.9. The molecule has 18 heavy (non-hydrogen) atoms. The van der Waals surface area contributed by atoms with E-state index in [1.165, 1.54) is 25.0 Å². The second kappa shape index (κ2) is 6.29. The smallest absolute Gasteiger partial charge is 0.339 e. The van der Waals surface area contributed by atoms with Crippen molar-refractivity contribution in [1.29, 1.82) is 0 Å². The minimum Gasteiger partial charge on any atom is -0.478 e. The largest absolute Gasteiger partial charge is 0.478 e. The fraction of sp³-hybridized carbons (Fsp3) is 0.615. The molecule has 2 N–H and O–H groups in total. The summed E-state index contributed by atoms with van der Waals surface area (Å²) in [6.45, 7) is 3.25. The van der Waals surface area contributed by atoms with Crippen molar-refractivity contribution >= 4 is 17.7 Å². The van der Waals surface area contributed by atoms with Gasteiger partial charge < -0.3 is 14.8 Å². The van der Waals surface area contributed by atoms with Gasteiger partial charge in [0.1, 0.15) is 17.1 Å². The fourth-order valence-corrected chi connectivity index (χ4v) is 3.44. The summed E-state index contributed by atoms with van der Waals surface area (Å²) in [6, 6.07) is 1.61. The van der Waals surface area contributed by atoms with Crippen molar-refractivity contribution in [2.24, 2.45) is 0 Å². The number of nitrogens with one attached hydrogen (secondary N) is 1. The lowest BCUT2D eigenvalue weighted by molar-refractivity contribution is 0.0695. The Labute approximate surface area is 111 Å². The molecule has 0 radical (unpaired) electrons. The van der Waals surface area contributed by atoms with Crippen LogP contribution >= 0.6 is 11.8 Å². The summed E-state index contributed by atoms with van der Waals surface area (Å²) in [4.78, 5) is 10.9. The Kier molecular flexibility index (Phi) is 4.72. The molecule has 1 aliphatic rings. The van der Waals surface area contributed by atoms with Crippen molar-refractivity contribution in [2.45, 2.75) is 38.0 Å². The van der Waals surface area contributed by atoms with Crippen LogP contribution in [0.2, 0.25) is 0 Å². The van der Waals surface area contributed by atoms with Gasteiger partial charge in [0.15, 0.2) is 0 Å². The molecule has 0 spiro atoms. The first-order valence-corrected chi connectivity index (χ1v) is 7.36. The molecule has 5 heteroatoms. The first-order chi connectivity index (χ1) is 8.66. The maximum absolute atomic E-state index is 10.9. The van der Waals surface area contributed by atoms with Gasteiger partial charge in [-0.25, -0.2) is 4.79 Å². The van der Waals surface area contributed by atoms with Gasteiger partial charge in [0.05, 0.1) is 6.54 Å². The zero-order valence-corrected chi connectivity index (χ0v) is 11.4. The third-order valence-corrected chi connectivity index (χ3v) is 4.54. The predicted octanol–water partition coefficient (Wildman–Crippen LogP) is 2.66. The van der Waals surface area contributed by atoms with E-state index in [4.69, 9.17) is 9.52 Å². The van der Waals surface area contributed by atoms with Crippen LogP contribution in [0.25, 0.3) is 0 Å². The molecule has 0 bridgehead atoms. The molecule has 0 aromatic carbocycles. The summed E-state index contributed by atoms with van der Waals surface area (Å²) in [6.07, 6.45) is 3.93. The van der Waals surface area contributed by atoms with Gasteiger partial charge >= 0.3 is 5.97 Å². The lowest BCUT2D eigenvalue weighted by Gasteiger charge is -2.21. The number of aryl methyl sites for hydroxylation is 1. The first kappa shape index (κ1) is 13.5. The van der Waals surface area contributed by atoms with E-state index >= 15 is 0 Å². The number of carbonyl (C=O) groups is 1. The zero-order valence-electron chi connectivity index (χ0n) is 10.6. The Balaban J connectivity index is 1.79. The lowest BCUT2D eigenvalue weighted by Crippen LogP contribution is -2.26. The van der Waals surface area contributed by atoms with Crippen LogP contribution in [0.3, 0.4) is 0 Å². The number of rotatable bonds is 5. The highest BCUT2D eigenvalue weighted by atomic mass is 32.2. The summed E-state index contributed by atoms with van der Waals surface area (Å²) in [7, 11) is 0. The van der Waals surface area contributed by atoms with Crippen LogP contribution in [0, 0.1) is 6.92 Å². The van der Waals surface area contributed by atoms with Crippen LogP contribution in [0.15, 0.2) is 10.5 Å². The number of carboxylic acids is 1. The number of hydrogen-bond acceptors (Lipinski definition) is 4. The highest BCUT2D eigenvalue weighted by molar-refractivity contribution is 7.99. The number of carboxylic acid groups (broad SMARTS) is 1. The molecule has 2 rings (SSSR count). The second-order valence-electron chi connectivity index (χ2n) is 4.61. The molecule has 0 amide bonds. The molecular weight excluding hydrogens is 250 g/mol. The molecule has 100 valence electrons. The summed E-state index contributed by atoms with van der Waals surface area (Å²) in [5, 5.41) is 13.0. The van der Waals surface area contributed by atoms with E-state index in [1.54, 1.807) is 13.0 Å². The summed E-state index contributed by atoms with van der Waals surface area (Å²) >= 11 is 2.02. The minimum atomic E-state index is -0.926. The van der Waals surface area contributed by atoms with Crippen molar-refractivity contribution < 1.29 is 14.3 Å². The fourth-order valence-electron chi connectivity index (χ4n) is 2.17. The topological polar surface area (TPSA) is 62.5 Å². The van der Waals surface area contributed by atoms with Gasteiger partial charge in [0, 0.05) is 11.8 Å². The molecular formula is C13H19NO3S. The molecule has 1 aromatic heterocycles. The van der Waals surface area contributed by atoms with Crippen molar-refractivity contribution in [3.63, 3.8) is 0 Å². The monoisotopic (exact) mass is 269 g/mol. The van der Waals surface area contributed by atoms with E-state index in [1.807, 2.05) is 11.8 Å². The standard InChI is InChI=1S/C13H19NO3S/c1-9-12(13(15)16)6-10(17-9)7-14-8-11-4-2-3-5-18-11/h6,11,14H,2-5,7-8H2,1H3,(H,15,16). The molecule has 1 unspecified atom stereocenters. The van der Waals surface area contributed by atoms with Crippen LogP contribution < -0.4 is 5.32 Å². The molecule has 0 saturated carbocycles. The van der Waals surface area contributed by atoms with Crippen molar-refractivity contribution in [3.05, 3.63) is 23.2 Å².